The van der Waals surface area contributed by atoms with E-state index in [1.165, 1.54) is 31.1 Å². The van der Waals surface area contributed by atoms with Crippen LogP contribution >= 0.6 is 11.3 Å². The first kappa shape index (κ1) is 20.4. The normalized spacial score (nSPS) is 15.2. The quantitative estimate of drug-likeness (QED) is 0.713. The van der Waals surface area contributed by atoms with E-state index < -0.39 is 0 Å². The van der Waals surface area contributed by atoms with Crippen LogP contribution in [0.15, 0.2) is 36.4 Å². The van der Waals surface area contributed by atoms with Crippen molar-refractivity contribution in [3.05, 3.63) is 51.7 Å². The Kier molecular flexibility index (Phi) is 7.06. The Morgan fingerprint density at radius 1 is 1.14 bits per heavy atom. The second-order valence-electron chi connectivity index (χ2n) is 6.89. The summed E-state index contributed by atoms with van der Waals surface area (Å²) in [5, 5.41) is 5.85. The maximum Gasteiger partial charge on any atom is 0.261 e. The lowest BCUT2D eigenvalue weighted by Gasteiger charge is -2.29. The van der Waals surface area contributed by atoms with Crippen molar-refractivity contribution in [1.82, 2.24) is 15.5 Å². The third kappa shape index (κ3) is 5.11. The van der Waals surface area contributed by atoms with Gasteiger partial charge in [0, 0.05) is 23.9 Å². The van der Waals surface area contributed by atoms with Crippen LogP contribution in [-0.2, 0) is 11.3 Å². The van der Waals surface area contributed by atoms with Gasteiger partial charge in [-0.2, -0.15) is 0 Å². The Morgan fingerprint density at radius 2 is 1.89 bits per heavy atom. The number of para-hydroxylation sites is 1. The number of rotatable bonds is 8. The predicted octanol–water partition coefficient (Wildman–Crippen LogP) is 2.96. The number of nitrogens with zero attached hydrogens (tertiary/aromatic N) is 1. The largest absolute Gasteiger partial charge is 0.496 e. The Bertz CT molecular complexity index is 815. The summed E-state index contributed by atoms with van der Waals surface area (Å²) in [6.07, 6.45) is 2.36. The summed E-state index contributed by atoms with van der Waals surface area (Å²) in [6.45, 7) is 4.51. The molecule has 6 nitrogen and oxygen atoms in total. The van der Waals surface area contributed by atoms with Crippen LogP contribution in [0, 0.1) is 0 Å². The van der Waals surface area contributed by atoms with Crippen molar-refractivity contribution in [2.75, 3.05) is 26.7 Å². The molecule has 150 valence electrons. The van der Waals surface area contributed by atoms with Gasteiger partial charge in [-0.3, -0.25) is 14.5 Å². The van der Waals surface area contributed by atoms with Crippen LogP contribution < -0.4 is 15.4 Å². The third-order valence-electron chi connectivity index (χ3n) is 4.93. The smallest absolute Gasteiger partial charge is 0.261 e. The molecule has 1 fully saturated rings. The Balaban J connectivity index is 1.68. The van der Waals surface area contributed by atoms with Gasteiger partial charge in [0.05, 0.1) is 24.6 Å². The molecule has 1 saturated heterocycles. The molecule has 0 saturated carbocycles. The maximum absolute atomic E-state index is 12.7. The molecule has 3 rings (SSSR count). The highest BCUT2D eigenvalue weighted by molar-refractivity contribution is 7.14. The fourth-order valence-corrected chi connectivity index (χ4v) is 4.38. The summed E-state index contributed by atoms with van der Waals surface area (Å²) < 4.78 is 5.56. The van der Waals surface area contributed by atoms with Gasteiger partial charge in [0.25, 0.3) is 5.91 Å². The standard InChI is InChI=1S/C21H27N3O3S/c1-15(25)22-13-16-9-10-20(28-16)21(26)23-14-18(24-11-5-6-12-24)17-7-3-4-8-19(17)27-2/h3-4,7-10,18H,5-6,11-14H2,1-2H3,(H,22,25)(H,23,26). The minimum Gasteiger partial charge on any atom is -0.496 e. The molecule has 0 radical (unpaired) electrons. The van der Waals surface area contributed by atoms with Crippen LogP contribution in [0.3, 0.4) is 0 Å². The molecule has 1 aliphatic heterocycles. The summed E-state index contributed by atoms with van der Waals surface area (Å²) in [4.78, 5) is 27.7. The number of likely N-dealkylation sites (tertiary alicyclic amines) is 1. The average Bonchev–Trinajstić information content (AvgIpc) is 3.39. The number of hydrogen-bond acceptors (Lipinski definition) is 5. The lowest BCUT2D eigenvalue weighted by molar-refractivity contribution is -0.119. The highest BCUT2D eigenvalue weighted by atomic mass is 32.1. The van der Waals surface area contributed by atoms with Crippen molar-refractivity contribution in [2.45, 2.75) is 32.4 Å². The van der Waals surface area contributed by atoms with E-state index in [4.69, 9.17) is 4.74 Å². The van der Waals surface area contributed by atoms with Gasteiger partial charge >= 0.3 is 0 Å². The summed E-state index contributed by atoms with van der Waals surface area (Å²) >= 11 is 1.41. The lowest BCUT2D eigenvalue weighted by atomic mass is 10.0. The van der Waals surface area contributed by atoms with E-state index in [1.807, 2.05) is 30.3 Å². The molecule has 7 heteroatoms. The van der Waals surface area contributed by atoms with Crippen LogP contribution in [0.1, 0.15) is 45.9 Å². The molecule has 0 bridgehead atoms. The van der Waals surface area contributed by atoms with Gasteiger partial charge in [0.2, 0.25) is 5.91 Å². The first-order valence-corrected chi connectivity index (χ1v) is 10.4. The summed E-state index contributed by atoms with van der Waals surface area (Å²) in [7, 11) is 1.68. The van der Waals surface area contributed by atoms with Crippen molar-refractivity contribution >= 4 is 23.2 Å². The van der Waals surface area contributed by atoms with E-state index >= 15 is 0 Å². The number of nitrogens with one attached hydrogen (secondary N) is 2. The lowest BCUT2D eigenvalue weighted by Crippen LogP contribution is -2.36. The van der Waals surface area contributed by atoms with E-state index in [-0.39, 0.29) is 17.9 Å². The average molecular weight is 402 g/mol. The predicted molar refractivity (Wildman–Crippen MR) is 111 cm³/mol. The number of carbonyl (C=O) groups is 2. The van der Waals surface area contributed by atoms with Crippen LogP contribution in [0.2, 0.25) is 0 Å². The zero-order valence-corrected chi connectivity index (χ0v) is 17.2. The van der Waals surface area contributed by atoms with Gasteiger partial charge in [-0.25, -0.2) is 0 Å². The van der Waals surface area contributed by atoms with Gasteiger partial charge in [0.15, 0.2) is 0 Å². The highest BCUT2D eigenvalue weighted by Crippen LogP contribution is 2.31. The first-order chi connectivity index (χ1) is 13.6. The molecular weight excluding hydrogens is 374 g/mol. The van der Waals surface area contributed by atoms with E-state index in [2.05, 4.69) is 21.6 Å². The van der Waals surface area contributed by atoms with Gasteiger partial charge in [-0.1, -0.05) is 18.2 Å². The molecule has 2 amide bonds. The van der Waals surface area contributed by atoms with Gasteiger partial charge in [-0.05, 0) is 44.1 Å². The molecule has 28 heavy (non-hydrogen) atoms. The molecule has 1 aromatic heterocycles. The molecule has 2 N–H and O–H groups in total. The van der Waals surface area contributed by atoms with E-state index in [1.54, 1.807) is 7.11 Å². The van der Waals surface area contributed by atoms with Crippen molar-refractivity contribution < 1.29 is 14.3 Å². The molecular formula is C21H27N3O3S. The monoisotopic (exact) mass is 401 g/mol. The second-order valence-corrected chi connectivity index (χ2v) is 8.05. The maximum atomic E-state index is 12.7. The van der Waals surface area contributed by atoms with Crippen molar-refractivity contribution in [2.24, 2.45) is 0 Å². The summed E-state index contributed by atoms with van der Waals surface area (Å²) in [5.41, 5.74) is 1.10. The number of benzene rings is 1. The van der Waals surface area contributed by atoms with Crippen LogP contribution in [0.25, 0.3) is 0 Å². The molecule has 1 atom stereocenters. The Morgan fingerprint density at radius 3 is 2.61 bits per heavy atom. The Labute approximate surface area is 169 Å². The zero-order valence-electron chi connectivity index (χ0n) is 16.4. The number of amides is 2. The van der Waals surface area contributed by atoms with Gasteiger partial charge < -0.3 is 15.4 Å². The van der Waals surface area contributed by atoms with Crippen LogP contribution in [0.4, 0.5) is 0 Å². The molecule has 1 aromatic carbocycles. The topological polar surface area (TPSA) is 70.7 Å². The fourth-order valence-electron chi connectivity index (χ4n) is 3.51. The number of ether oxygens (including phenoxy) is 1. The summed E-state index contributed by atoms with van der Waals surface area (Å²) in [6, 6.07) is 11.8. The van der Waals surface area contributed by atoms with Crippen molar-refractivity contribution in [1.29, 1.82) is 0 Å². The number of carbonyl (C=O) groups excluding carboxylic acids is 2. The van der Waals surface area contributed by atoms with E-state index in [0.717, 1.165) is 29.3 Å². The zero-order chi connectivity index (χ0) is 19.9. The SMILES string of the molecule is COc1ccccc1C(CNC(=O)c1ccc(CNC(C)=O)s1)N1CCCC1. The number of thiophene rings is 1. The molecule has 0 aliphatic carbocycles. The number of methoxy groups -OCH3 is 1. The van der Waals surface area contributed by atoms with Gasteiger partial charge in [0.1, 0.15) is 5.75 Å². The first-order valence-electron chi connectivity index (χ1n) is 9.57. The minimum atomic E-state index is -0.0850. The summed E-state index contributed by atoms with van der Waals surface area (Å²) in [5.74, 6) is 0.685. The number of hydrogen-bond donors (Lipinski definition) is 2. The van der Waals surface area contributed by atoms with Gasteiger partial charge in [-0.15, -0.1) is 11.3 Å². The highest BCUT2D eigenvalue weighted by Gasteiger charge is 2.26. The molecule has 0 spiro atoms. The van der Waals surface area contributed by atoms with Crippen molar-refractivity contribution in [3.63, 3.8) is 0 Å². The van der Waals surface area contributed by atoms with E-state index in [9.17, 15) is 9.59 Å². The van der Waals surface area contributed by atoms with Crippen LogP contribution in [-0.4, -0.2) is 43.5 Å². The molecule has 2 heterocycles. The van der Waals surface area contributed by atoms with Crippen molar-refractivity contribution in [3.8, 4) is 5.75 Å². The third-order valence-corrected chi connectivity index (χ3v) is 6.02. The second kappa shape index (κ2) is 9.71. The molecule has 1 unspecified atom stereocenters. The van der Waals surface area contributed by atoms with Crippen LogP contribution in [0.5, 0.6) is 5.75 Å². The fraction of sp³-hybridized carbons (Fsp3) is 0.429. The minimum absolute atomic E-state index is 0.0790. The van der Waals surface area contributed by atoms with E-state index in [0.29, 0.717) is 18.0 Å². The Hall–Kier alpha value is -2.38. The molecule has 2 aromatic rings. The molecule has 1 aliphatic rings.